The topological polar surface area (TPSA) is 17.0 Å². The summed E-state index contributed by atoms with van der Waals surface area (Å²) in [5.41, 5.74) is 12.9. The highest BCUT2D eigenvalue weighted by molar-refractivity contribution is 6.20. The quantitative estimate of drug-likeness (QED) is 0.285. The molecule has 0 saturated heterocycles. The van der Waals surface area contributed by atoms with Gasteiger partial charge in [-0.2, -0.15) is 0 Å². The lowest BCUT2D eigenvalue weighted by molar-refractivity contribution is 0.956. The Kier molecular flexibility index (Phi) is 4.37. The number of hydrogen-bond donors (Lipinski definition) is 1. The number of hydrogen-bond acceptors (Lipinski definition) is 1. The summed E-state index contributed by atoms with van der Waals surface area (Å²) in [6, 6.07) is 39.1. The van der Waals surface area contributed by atoms with E-state index in [0.29, 0.717) is 5.92 Å². The molecule has 0 aliphatic heterocycles. The van der Waals surface area contributed by atoms with E-state index in [-0.39, 0.29) is 0 Å². The van der Waals surface area contributed by atoms with E-state index >= 15 is 0 Å². The van der Waals surface area contributed by atoms with E-state index < -0.39 is 0 Å². The first-order valence-corrected chi connectivity index (χ1v) is 12.3. The molecule has 5 aromatic carbocycles. The van der Waals surface area contributed by atoms with E-state index in [2.05, 4.69) is 133 Å². The van der Waals surface area contributed by atoms with Crippen LogP contribution in [0.5, 0.6) is 0 Å². The molecule has 0 saturated carbocycles. The minimum atomic E-state index is 0.319. The highest BCUT2D eigenvalue weighted by Crippen LogP contribution is 2.54. The second-order valence-corrected chi connectivity index (χ2v) is 9.50. The van der Waals surface area contributed by atoms with Gasteiger partial charge in [-0.25, -0.2) is 0 Å². The number of fused-ring (bicyclic) bond motifs is 7. The van der Waals surface area contributed by atoms with Crippen LogP contribution in [0.25, 0.3) is 38.6 Å². The Hall–Kier alpha value is -4.30. The average Bonchev–Trinajstić information content (AvgIpc) is 3.40. The minimum Gasteiger partial charge on any atom is -0.355 e. The van der Waals surface area contributed by atoms with Crippen LogP contribution in [0, 0.1) is 6.92 Å². The zero-order valence-electron chi connectivity index (χ0n) is 19.9. The molecule has 1 aliphatic rings. The molecule has 35 heavy (non-hydrogen) atoms. The molecule has 6 aromatic rings. The fraction of sp³-hybridized carbons (Fsp3) is 0.0909. The van der Waals surface area contributed by atoms with Crippen LogP contribution in [0.4, 0.5) is 11.4 Å². The minimum absolute atomic E-state index is 0.319. The summed E-state index contributed by atoms with van der Waals surface area (Å²) in [4.78, 5) is 0. The Balaban J connectivity index is 1.70. The van der Waals surface area contributed by atoms with E-state index in [1.807, 2.05) is 0 Å². The molecule has 1 aromatic heterocycles. The predicted octanol–water partition coefficient (Wildman–Crippen LogP) is 8.97. The summed E-state index contributed by atoms with van der Waals surface area (Å²) in [6.07, 6.45) is 0. The van der Waals surface area contributed by atoms with Gasteiger partial charge in [0, 0.05) is 28.1 Å². The summed E-state index contributed by atoms with van der Waals surface area (Å²) in [7, 11) is 0. The van der Waals surface area contributed by atoms with Crippen molar-refractivity contribution in [2.24, 2.45) is 0 Å². The average molecular weight is 451 g/mol. The lowest BCUT2D eigenvalue weighted by atomic mass is 9.92. The third kappa shape index (κ3) is 2.83. The third-order valence-corrected chi connectivity index (χ3v) is 7.59. The van der Waals surface area contributed by atoms with Gasteiger partial charge in [0.15, 0.2) is 0 Å². The molecule has 0 fully saturated rings. The van der Waals surface area contributed by atoms with Crippen molar-refractivity contribution in [1.29, 1.82) is 0 Å². The molecule has 1 atom stereocenters. The third-order valence-electron chi connectivity index (χ3n) is 7.59. The van der Waals surface area contributed by atoms with E-state index in [0.717, 1.165) is 5.69 Å². The number of anilines is 2. The van der Waals surface area contributed by atoms with Gasteiger partial charge in [-0.05, 0) is 65.1 Å². The molecular weight excluding hydrogens is 424 g/mol. The SMILES string of the molecule is Cc1c2c(c3c(c1Nc1ccccc1)c1ccccc1n3-c1ccccc1)C(C)c1ccccc1-2. The molecule has 0 radical (unpaired) electrons. The van der Waals surface area contributed by atoms with Gasteiger partial charge in [-0.15, -0.1) is 0 Å². The molecule has 0 amide bonds. The zero-order chi connectivity index (χ0) is 23.5. The van der Waals surface area contributed by atoms with Crippen LogP contribution in [0.3, 0.4) is 0 Å². The second-order valence-electron chi connectivity index (χ2n) is 9.50. The molecule has 2 heteroatoms. The van der Waals surface area contributed by atoms with Crippen molar-refractivity contribution in [2.45, 2.75) is 19.8 Å². The first-order valence-electron chi connectivity index (χ1n) is 12.3. The van der Waals surface area contributed by atoms with Gasteiger partial charge in [0.1, 0.15) is 0 Å². The first kappa shape index (κ1) is 20.1. The van der Waals surface area contributed by atoms with Crippen LogP contribution in [0.15, 0.2) is 109 Å². The van der Waals surface area contributed by atoms with Crippen LogP contribution >= 0.6 is 0 Å². The lowest BCUT2D eigenvalue weighted by Gasteiger charge is -2.20. The number of rotatable bonds is 3. The smallest absolute Gasteiger partial charge is 0.0606 e. The Morgan fingerprint density at radius 2 is 1.37 bits per heavy atom. The van der Waals surface area contributed by atoms with Crippen molar-refractivity contribution in [3.8, 4) is 16.8 Å². The molecule has 1 heterocycles. The number of nitrogens with zero attached hydrogens (tertiary/aromatic N) is 1. The molecule has 168 valence electrons. The number of nitrogens with one attached hydrogen (secondary N) is 1. The van der Waals surface area contributed by atoms with Crippen molar-refractivity contribution in [3.63, 3.8) is 0 Å². The van der Waals surface area contributed by atoms with Gasteiger partial charge < -0.3 is 9.88 Å². The number of benzene rings is 5. The van der Waals surface area contributed by atoms with E-state index in [4.69, 9.17) is 0 Å². The van der Waals surface area contributed by atoms with Crippen molar-refractivity contribution >= 4 is 33.2 Å². The first-order chi connectivity index (χ1) is 17.2. The summed E-state index contributed by atoms with van der Waals surface area (Å²) in [6.45, 7) is 4.65. The van der Waals surface area contributed by atoms with Gasteiger partial charge in [0.05, 0.1) is 16.7 Å². The van der Waals surface area contributed by atoms with Gasteiger partial charge in [0.25, 0.3) is 0 Å². The van der Waals surface area contributed by atoms with Gasteiger partial charge in [-0.1, -0.05) is 85.8 Å². The second kappa shape index (κ2) is 7.61. The normalized spacial score (nSPS) is 14.3. The lowest BCUT2D eigenvalue weighted by Crippen LogP contribution is -2.02. The van der Waals surface area contributed by atoms with Crippen LogP contribution in [0.1, 0.15) is 29.5 Å². The largest absolute Gasteiger partial charge is 0.355 e. The molecule has 7 rings (SSSR count). The molecule has 1 aliphatic carbocycles. The highest BCUT2D eigenvalue weighted by atomic mass is 15.0. The molecule has 0 bridgehead atoms. The molecule has 1 N–H and O–H groups in total. The van der Waals surface area contributed by atoms with E-state index in [1.54, 1.807) is 0 Å². The van der Waals surface area contributed by atoms with Crippen molar-refractivity contribution in [1.82, 2.24) is 4.57 Å². The van der Waals surface area contributed by atoms with Gasteiger partial charge in [-0.3, -0.25) is 0 Å². The van der Waals surface area contributed by atoms with Crippen molar-refractivity contribution in [2.75, 3.05) is 5.32 Å². The molecule has 2 nitrogen and oxygen atoms in total. The summed E-state index contributed by atoms with van der Waals surface area (Å²) in [5, 5.41) is 6.41. The predicted molar refractivity (Wildman–Crippen MR) is 148 cm³/mol. The Labute approximate surface area is 205 Å². The van der Waals surface area contributed by atoms with Gasteiger partial charge >= 0.3 is 0 Å². The maximum absolute atomic E-state index is 3.83. The standard InChI is InChI=1S/C33H26N2/c1-21-25-17-9-10-18-26(25)29-22(2)32(34-23-13-5-3-6-14-23)31-27-19-11-12-20-28(27)35(33(31)30(21)29)24-15-7-4-8-16-24/h3-21,34H,1-2H3. The molecular formula is C33H26N2. The Bertz CT molecular complexity index is 1730. The van der Waals surface area contributed by atoms with Crippen LogP contribution in [0.2, 0.25) is 0 Å². The summed E-state index contributed by atoms with van der Waals surface area (Å²) < 4.78 is 2.47. The summed E-state index contributed by atoms with van der Waals surface area (Å²) in [5.74, 6) is 0.319. The number of para-hydroxylation sites is 3. The molecule has 1 unspecified atom stereocenters. The van der Waals surface area contributed by atoms with E-state index in [9.17, 15) is 0 Å². The van der Waals surface area contributed by atoms with Crippen LogP contribution in [-0.4, -0.2) is 4.57 Å². The Morgan fingerprint density at radius 1 is 0.714 bits per heavy atom. The van der Waals surface area contributed by atoms with Crippen LogP contribution in [-0.2, 0) is 0 Å². The summed E-state index contributed by atoms with van der Waals surface area (Å²) >= 11 is 0. The Morgan fingerprint density at radius 3 is 2.17 bits per heavy atom. The monoisotopic (exact) mass is 450 g/mol. The maximum Gasteiger partial charge on any atom is 0.0606 e. The number of aromatic nitrogens is 1. The van der Waals surface area contributed by atoms with Gasteiger partial charge in [0.2, 0.25) is 0 Å². The molecule has 0 spiro atoms. The van der Waals surface area contributed by atoms with E-state index in [1.165, 1.54) is 61.0 Å². The van der Waals surface area contributed by atoms with Crippen molar-refractivity contribution < 1.29 is 0 Å². The van der Waals surface area contributed by atoms with Crippen molar-refractivity contribution in [3.05, 3.63) is 126 Å². The zero-order valence-corrected chi connectivity index (χ0v) is 19.9. The fourth-order valence-electron chi connectivity index (χ4n) is 6.07. The van der Waals surface area contributed by atoms with Crippen LogP contribution < -0.4 is 5.32 Å². The fourth-order valence-corrected chi connectivity index (χ4v) is 6.07. The maximum atomic E-state index is 3.83. The highest BCUT2D eigenvalue weighted by Gasteiger charge is 2.33.